The fraction of sp³-hybridized carbons (Fsp3) is 0.125. The number of nitrogens with zero attached hydrogens (tertiary/aromatic N) is 6. The highest BCUT2D eigenvalue weighted by atomic mass is 16.5. The molecule has 114 valence electrons. The van der Waals surface area contributed by atoms with Gasteiger partial charge in [0.05, 0.1) is 6.54 Å². The summed E-state index contributed by atoms with van der Waals surface area (Å²) in [4.78, 5) is 4.51. The molecule has 4 aromatic rings. The van der Waals surface area contributed by atoms with Crippen molar-refractivity contribution in [3.63, 3.8) is 0 Å². The number of aryl methyl sites for hydroxylation is 1. The van der Waals surface area contributed by atoms with E-state index in [0.29, 0.717) is 18.3 Å². The standard InChI is InChI=1S/C16H14N6O/c1-21-14(7-9-17-21)16-19-15(20-23-16)13-6-3-2-5-12(13)11-22-10-4-8-18-22/h2-10H,11H2,1H3. The van der Waals surface area contributed by atoms with Crippen LogP contribution >= 0.6 is 0 Å². The van der Waals surface area contributed by atoms with Gasteiger partial charge >= 0.3 is 0 Å². The van der Waals surface area contributed by atoms with E-state index >= 15 is 0 Å². The first-order valence-corrected chi connectivity index (χ1v) is 7.19. The predicted octanol–water partition coefficient (Wildman–Crippen LogP) is 2.38. The van der Waals surface area contributed by atoms with E-state index in [-0.39, 0.29) is 0 Å². The molecule has 23 heavy (non-hydrogen) atoms. The summed E-state index contributed by atoms with van der Waals surface area (Å²) in [6, 6.07) is 11.7. The van der Waals surface area contributed by atoms with Crippen molar-refractivity contribution in [2.24, 2.45) is 7.05 Å². The first-order chi connectivity index (χ1) is 11.3. The Morgan fingerprint density at radius 3 is 2.74 bits per heavy atom. The molecule has 3 heterocycles. The Morgan fingerprint density at radius 2 is 1.96 bits per heavy atom. The van der Waals surface area contributed by atoms with Gasteiger partial charge in [0.2, 0.25) is 5.82 Å². The maximum Gasteiger partial charge on any atom is 0.276 e. The summed E-state index contributed by atoms with van der Waals surface area (Å²) in [6.45, 7) is 0.652. The highest BCUT2D eigenvalue weighted by Gasteiger charge is 2.15. The Labute approximate surface area is 132 Å². The van der Waals surface area contributed by atoms with Crippen LogP contribution in [0.4, 0.5) is 0 Å². The average Bonchev–Trinajstić information content (AvgIpc) is 3.29. The van der Waals surface area contributed by atoms with Gasteiger partial charge in [-0.15, -0.1) is 0 Å². The third-order valence-corrected chi connectivity index (χ3v) is 3.62. The van der Waals surface area contributed by atoms with Gasteiger partial charge in [0, 0.05) is 31.2 Å². The van der Waals surface area contributed by atoms with Crippen LogP contribution in [0.25, 0.3) is 23.0 Å². The van der Waals surface area contributed by atoms with E-state index in [1.165, 1.54) is 0 Å². The zero-order valence-electron chi connectivity index (χ0n) is 12.5. The lowest BCUT2D eigenvalue weighted by atomic mass is 10.1. The minimum absolute atomic E-state index is 0.453. The lowest BCUT2D eigenvalue weighted by Crippen LogP contribution is -2.02. The molecular formula is C16H14N6O. The Bertz CT molecular complexity index is 922. The fourth-order valence-corrected chi connectivity index (χ4v) is 2.47. The first kappa shape index (κ1) is 13.4. The molecular weight excluding hydrogens is 292 g/mol. The third-order valence-electron chi connectivity index (χ3n) is 3.62. The Hall–Kier alpha value is -3.22. The van der Waals surface area contributed by atoms with Crippen molar-refractivity contribution in [2.45, 2.75) is 6.54 Å². The molecule has 7 heteroatoms. The summed E-state index contributed by atoms with van der Waals surface area (Å²) in [6.07, 6.45) is 5.39. The molecule has 1 aromatic carbocycles. The molecule has 0 bridgehead atoms. The van der Waals surface area contributed by atoms with Crippen molar-refractivity contribution in [1.29, 1.82) is 0 Å². The van der Waals surface area contributed by atoms with Crippen molar-refractivity contribution in [3.05, 3.63) is 60.6 Å². The van der Waals surface area contributed by atoms with Gasteiger partial charge in [0.15, 0.2) is 0 Å². The Kier molecular flexibility index (Phi) is 3.23. The Balaban J connectivity index is 1.71. The molecule has 0 unspecified atom stereocenters. The van der Waals surface area contributed by atoms with Crippen LogP contribution in [0.2, 0.25) is 0 Å². The lowest BCUT2D eigenvalue weighted by Gasteiger charge is -2.06. The van der Waals surface area contributed by atoms with Crippen LogP contribution in [0.15, 0.2) is 59.5 Å². The molecule has 0 aliphatic heterocycles. The number of rotatable bonds is 4. The van der Waals surface area contributed by atoms with Gasteiger partial charge in [-0.2, -0.15) is 15.2 Å². The minimum Gasteiger partial charge on any atom is -0.332 e. The molecule has 0 atom stereocenters. The lowest BCUT2D eigenvalue weighted by molar-refractivity contribution is 0.428. The summed E-state index contributed by atoms with van der Waals surface area (Å²) in [5.74, 6) is 1.01. The second-order valence-corrected chi connectivity index (χ2v) is 5.12. The summed E-state index contributed by atoms with van der Waals surface area (Å²) < 4.78 is 8.95. The molecule has 0 spiro atoms. The molecule has 0 fully saturated rings. The van der Waals surface area contributed by atoms with Crippen molar-refractivity contribution >= 4 is 0 Å². The average molecular weight is 306 g/mol. The van der Waals surface area contributed by atoms with Gasteiger partial charge in [0.25, 0.3) is 5.89 Å². The third kappa shape index (κ3) is 2.52. The molecule has 0 saturated carbocycles. The summed E-state index contributed by atoms with van der Waals surface area (Å²) >= 11 is 0. The van der Waals surface area contributed by atoms with E-state index in [0.717, 1.165) is 16.8 Å². The normalized spacial score (nSPS) is 11.0. The van der Waals surface area contributed by atoms with Crippen molar-refractivity contribution in [2.75, 3.05) is 0 Å². The second-order valence-electron chi connectivity index (χ2n) is 5.12. The molecule has 0 amide bonds. The van der Waals surface area contributed by atoms with Crippen molar-refractivity contribution in [3.8, 4) is 23.0 Å². The largest absolute Gasteiger partial charge is 0.332 e. The molecule has 0 N–H and O–H groups in total. The predicted molar refractivity (Wildman–Crippen MR) is 83.3 cm³/mol. The van der Waals surface area contributed by atoms with Crippen molar-refractivity contribution in [1.82, 2.24) is 29.7 Å². The zero-order chi connectivity index (χ0) is 15.6. The molecule has 7 nitrogen and oxygen atoms in total. The van der Waals surface area contributed by atoms with E-state index in [2.05, 4.69) is 20.3 Å². The number of hydrogen-bond acceptors (Lipinski definition) is 5. The second kappa shape index (κ2) is 5.53. The van der Waals surface area contributed by atoms with Crippen LogP contribution in [0.1, 0.15) is 5.56 Å². The number of aromatic nitrogens is 6. The topological polar surface area (TPSA) is 74.6 Å². The summed E-state index contributed by atoms with van der Waals surface area (Å²) in [5.41, 5.74) is 2.79. The quantitative estimate of drug-likeness (QED) is 0.578. The van der Waals surface area contributed by atoms with Gasteiger partial charge in [-0.1, -0.05) is 29.4 Å². The first-order valence-electron chi connectivity index (χ1n) is 7.19. The molecule has 0 radical (unpaired) electrons. The highest BCUT2D eigenvalue weighted by molar-refractivity contribution is 5.62. The summed E-state index contributed by atoms with van der Waals surface area (Å²) in [7, 11) is 1.84. The van der Waals surface area contributed by atoms with Crippen LogP contribution in [-0.2, 0) is 13.6 Å². The molecule has 0 saturated heterocycles. The van der Waals surface area contributed by atoms with Crippen LogP contribution in [-0.4, -0.2) is 29.7 Å². The SMILES string of the molecule is Cn1nccc1-c1nc(-c2ccccc2Cn2cccn2)no1. The Morgan fingerprint density at radius 1 is 1.04 bits per heavy atom. The van der Waals surface area contributed by atoms with Crippen LogP contribution in [0.5, 0.6) is 0 Å². The van der Waals surface area contributed by atoms with Gasteiger partial charge in [0.1, 0.15) is 5.69 Å². The van der Waals surface area contributed by atoms with Gasteiger partial charge in [-0.05, 0) is 17.7 Å². The molecule has 4 rings (SSSR count). The fourth-order valence-electron chi connectivity index (χ4n) is 2.47. The molecule has 3 aromatic heterocycles. The van der Waals surface area contributed by atoms with E-state index in [1.54, 1.807) is 17.1 Å². The van der Waals surface area contributed by atoms with Crippen LogP contribution in [0.3, 0.4) is 0 Å². The highest BCUT2D eigenvalue weighted by Crippen LogP contribution is 2.24. The maximum atomic E-state index is 5.39. The van der Waals surface area contributed by atoms with E-state index < -0.39 is 0 Å². The van der Waals surface area contributed by atoms with E-state index in [4.69, 9.17) is 4.52 Å². The number of hydrogen-bond donors (Lipinski definition) is 0. The maximum absolute atomic E-state index is 5.39. The molecule has 0 aliphatic carbocycles. The zero-order valence-corrected chi connectivity index (χ0v) is 12.5. The monoisotopic (exact) mass is 306 g/mol. The van der Waals surface area contributed by atoms with Gasteiger partial charge in [-0.3, -0.25) is 9.36 Å². The van der Waals surface area contributed by atoms with E-state index in [9.17, 15) is 0 Å². The van der Waals surface area contributed by atoms with Crippen LogP contribution < -0.4 is 0 Å². The van der Waals surface area contributed by atoms with Crippen molar-refractivity contribution < 1.29 is 4.52 Å². The smallest absolute Gasteiger partial charge is 0.276 e. The minimum atomic E-state index is 0.453. The molecule has 0 aliphatic rings. The van der Waals surface area contributed by atoms with Gasteiger partial charge in [-0.25, -0.2) is 0 Å². The number of benzene rings is 1. The summed E-state index contributed by atoms with van der Waals surface area (Å²) in [5, 5.41) is 12.5. The van der Waals surface area contributed by atoms with Crippen LogP contribution in [0, 0.1) is 0 Å². The van der Waals surface area contributed by atoms with Gasteiger partial charge < -0.3 is 4.52 Å². The van der Waals surface area contributed by atoms with E-state index in [1.807, 2.05) is 54.3 Å².